The van der Waals surface area contributed by atoms with Crippen molar-refractivity contribution < 1.29 is 9.53 Å². The highest BCUT2D eigenvalue weighted by atomic mass is 16.5. The molecular formula is C28H54O2. The number of hydrogen-bond donors (Lipinski definition) is 0. The van der Waals surface area contributed by atoms with E-state index in [-0.39, 0.29) is 5.97 Å². The van der Waals surface area contributed by atoms with Crippen LogP contribution in [0.15, 0.2) is 12.2 Å². The van der Waals surface area contributed by atoms with Gasteiger partial charge in [0.2, 0.25) is 0 Å². The van der Waals surface area contributed by atoms with Gasteiger partial charge < -0.3 is 4.74 Å². The third kappa shape index (κ3) is 16.0. The zero-order chi connectivity index (χ0) is 22.7. The summed E-state index contributed by atoms with van der Waals surface area (Å²) in [6.07, 6.45) is 22.4. The summed E-state index contributed by atoms with van der Waals surface area (Å²) < 4.78 is 5.46. The Morgan fingerprint density at radius 1 is 0.800 bits per heavy atom. The molecule has 0 aliphatic heterocycles. The summed E-state index contributed by atoms with van der Waals surface area (Å²) in [6.45, 7) is 15.4. The van der Waals surface area contributed by atoms with Gasteiger partial charge >= 0.3 is 5.97 Å². The minimum Gasteiger partial charge on any atom is -0.462 e. The first-order valence-electron chi connectivity index (χ1n) is 13.2. The average Bonchev–Trinajstić information content (AvgIpc) is 2.71. The SMILES string of the molecule is C=C(C)C(=O)OCCC(CCCCCC)CC(C)(CCCCCC)CCCCCC. The van der Waals surface area contributed by atoms with Crippen molar-refractivity contribution >= 4 is 5.97 Å². The molecule has 2 nitrogen and oxygen atoms in total. The molecule has 1 unspecified atom stereocenters. The maximum absolute atomic E-state index is 11.8. The Labute approximate surface area is 189 Å². The van der Waals surface area contributed by atoms with Crippen LogP contribution in [0.2, 0.25) is 0 Å². The first kappa shape index (κ1) is 29.2. The molecule has 0 aromatic carbocycles. The Morgan fingerprint density at radius 3 is 1.77 bits per heavy atom. The van der Waals surface area contributed by atoms with Gasteiger partial charge in [0, 0.05) is 5.57 Å². The van der Waals surface area contributed by atoms with Crippen molar-refractivity contribution in [2.24, 2.45) is 11.3 Å². The van der Waals surface area contributed by atoms with Crippen molar-refractivity contribution in [3.8, 4) is 0 Å². The van der Waals surface area contributed by atoms with Crippen LogP contribution in [-0.4, -0.2) is 12.6 Å². The number of unbranched alkanes of at least 4 members (excludes halogenated alkanes) is 9. The molecule has 178 valence electrons. The molecule has 1 atom stereocenters. The predicted molar refractivity (Wildman–Crippen MR) is 133 cm³/mol. The first-order chi connectivity index (χ1) is 14.4. The third-order valence-corrected chi connectivity index (χ3v) is 6.62. The molecule has 0 radical (unpaired) electrons. The number of hydrogen-bond acceptors (Lipinski definition) is 2. The van der Waals surface area contributed by atoms with Gasteiger partial charge in [-0.1, -0.05) is 118 Å². The van der Waals surface area contributed by atoms with Gasteiger partial charge in [-0.2, -0.15) is 0 Å². The normalized spacial score (nSPS) is 12.7. The van der Waals surface area contributed by atoms with E-state index in [1.54, 1.807) is 6.92 Å². The van der Waals surface area contributed by atoms with Gasteiger partial charge in [-0.3, -0.25) is 0 Å². The molecule has 0 aromatic heterocycles. The Balaban J connectivity index is 4.88. The van der Waals surface area contributed by atoms with E-state index in [1.807, 2.05) is 0 Å². The monoisotopic (exact) mass is 422 g/mol. The minimum absolute atomic E-state index is 0.235. The molecule has 0 spiro atoms. The van der Waals surface area contributed by atoms with E-state index < -0.39 is 0 Å². The van der Waals surface area contributed by atoms with Gasteiger partial charge in [0.15, 0.2) is 0 Å². The van der Waals surface area contributed by atoms with Crippen LogP contribution in [0.3, 0.4) is 0 Å². The Kier molecular flexibility index (Phi) is 18.4. The molecule has 30 heavy (non-hydrogen) atoms. The fourth-order valence-electron chi connectivity index (χ4n) is 4.63. The quantitative estimate of drug-likeness (QED) is 0.105. The van der Waals surface area contributed by atoms with Crippen molar-refractivity contribution in [2.75, 3.05) is 6.61 Å². The summed E-state index contributed by atoms with van der Waals surface area (Å²) in [5, 5.41) is 0. The van der Waals surface area contributed by atoms with E-state index in [1.165, 1.54) is 103 Å². The van der Waals surface area contributed by atoms with Crippen molar-refractivity contribution in [1.82, 2.24) is 0 Å². The zero-order valence-corrected chi connectivity index (χ0v) is 21.3. The van der Waals surface area contributed by atoms with Gasteiger partial charge in [0.25, 0.3) is 0 Å². The second-order valence-electron chi connectivity index (χ2n) is 10.1. The van der Waals surface area contributed by atoms with E-state index >= 15 is 0 Å². The Bertz CT molecular complexity index is 414. The van der Waals surface area contributed by atoms with Crippen LogP contribution < -0.4 is 0 Å². The third-order valence-electron chi connectivity index (χ3n) is 6.62. The molecular weight excluding hydrogens is 368 g/mol. The number of carbonyl (C=O) groups is 1. The molecule has 0 bridgehead atoms. The molecule has 0 rings (SSSR count). The van der Waals surface area contributed by atoms with Crippen LogP contribution in [0.1, 0.15) is 144 Å². The zero-order valence-electron chi connectivity index (χ0n) is 21.3. The lowest BCUT2D eigenvalue weighted by molar-refractivity contribution is -0.139. The van der Waals surface area contributed by atoms with Crippen LogP contribution in [0.25, 0.3) is 0 Å². The standard InChI is InChI=1S/C28H54O2/c1-7-10-13-16-19-26(20-23-30-27(29)25(4)5)24-28(6,21-17-14-11-8-2)22-18-15-12-9-3/h26H,4,7-24H2,1-3,5-6H3. The Morgan fingerprint density at radius 2 is 1.30 bits per heavy atom. The van der Waals surface area contributed by atoms with Crippen LogP contribution >= 0.6 is 0 Å². The molecule has 0 saturated carbocycles. The lowest BCUT2D eigenvalue weighted by atomic mass is 9.72. The fraction of sp³-hybridized carbons (Fsp3) is 0.893. The molecule has 0 amide bonds. The highest BCUT2D eigenvalue weighted by Crippen LogP contribution is 2.40. The van der Waals surface area contributed by atoms with Crippen LogP contribution in [-0.2, 0) is 9.53 Å². The van der Waals surface area contributed by atoms with Crippen molar-refractivity contribution in [1.29, 1.82) is 0 Å². The second kappa shape index (κ2) is 18.9. The lowest BCUT2D eigenvalue weighted by Crippen LogP contribution is -2.23. The molecule has 0 saturated heterocycles. The largest absolute Gasteiger partial charge is 0.462 e. The summed E-state index contributed by atoms with van der Waals surface area (Å²) in [5.74, 6) is 0.434. The maximum atomic E-state index is 11.8. The van der Waals surface area contributed by atoms with E-state index in [4.69, 9.17) is 4.74 Å². The maximum Gasteiger partial charge on any atom is 0.333 e. The van der Waals surface area contributed by atoms with Gasteiger partial charge in [0.05, 0.1) is 6.61 Å². The molecule has 0 fully saturated rings. The van der Waals surface area contributed by atoms with Crippen molar-refractivity contribution in [2.45, 2.75) is 144 Å². The van der Waals surface area contributed by atoms with Gasteiger partial charge in [-0.15, -0.1) is 0 Å². The highest BCUT2D eigenvalue weighted by molar-refractivity contribution is 5.86. The van der Waals surface area contributed by atoms with Crippen LogP contribution in [0.5, 0.6) is 0 Å². The second-order valence-corrected chi connectivity index (χ2v) is 10.1. The van der Waals surface area contributed by atoms with Crippen LogP contribution in [0.4, 0.5) is 0 Å². The molecule has 0 aliphatic carbocycles. The number of rotatable bonds is 21. The van der Waals surface area contributed by atoms with E-state index in [2.05, 4.69) is 34.3 Å². The number of ether oxygens (including phenoxy) is 1. The van der Waals surface area contributed by atoms with Gasteiger partial charge in [-0.05, 0) is 43.9 Å². The van der Waals surface area contributed by atoms with E-state index in [9.17, 15) is 4.79 Å². The summed E-state index contributed by atoms with van der Waals surface area (Å²) in [4.78, 5) is 11.8. The average molecular weight is 423 g/mol. The molecule has 0 heterocycles. The van der Waals surface area contributed by atoms with Crippen molar-refractivity contribution in [3.63, 3.8) is 0 Å². The topological polar surface area (TPSA) is 26.3 Å². The molecule has 0 aliphatic rings. The van der Waals surface area contributed by atoms with Crippen LogP contribution in [0, 0.1) is 11.3 Å². The van der Waals surface area contributed by atoms with Gasteiger partial charge in [0.1, 0.15) is 0 Å². The molecule has 0 N–H and O–H groups in total. The smallest absolute Gasteiger partial charge is 0.333 e. The number of esters is 1. The fourth-order valence-corrected chi connectivity index (χ4v) is 4.63. The van der Waals surface area contributed by atoms with E-state index in [0.717, 1.165) is 6.42 Å². The minimum atomic E-state index is -0.235. The Hall–Kier alpha value is -0.790. The summed E-state index contributed by atoms with van der Waals surface area (Å²) in [5.41, 5.74) is 0.945. The predicted octanol–water partition coefficient (Wildman–Crippen LogP) is 9.42. The summed E-state index contributed by atoms with van der Waals surface area (Å²) in [6, 6.07) is 0. The van der Waals surface area contributed by atoms with Gasteiger partial charge in [-0.25, -0.2) is 4.79 Å². The number of carbonyl (C=O) groups excluding carboxylic acids is 1. The van der Waals surface area contributed by atoms with E-state index in [0.29, 0.717) is 23.5 Å². The summed E-state index contributed by atoms with van der Waals surface area (Å²) in [7, 11) is 0. The molecule has 2 heteroatoms. The molecule has 0 aromatic rings. The lowest BCUT2D eigenvalue weighted by Gasteiger charge is -2.34. The van der Waals surface area contributed by atoms with Crippen molar-refractivity contribution in [3.05, 3.63) is 12.2 Å². The first-order valence-corrected chi connectivity index (χ1v) is 13.2. The highest BCUT2D eigenvalue weighted by Gasteiger charge is 2.27. The summed E-state index contributed by atoms with van der Waals surface area (Å²) >= 11 is 0.